The third kappa shape index (κ3) is 7.71. The summed E-state index contributed by atoms with van der Waals surface area (Å²) in [6, 6.07) is 20.6. The Hall–Kier alpha value is -3.71. The number of carbonyl (C=O) groups excluding carboxylic acids is 2. The Kier molecular flexibility index (Phi) is 8.38. The molecule has 178 valence electrons. The highest BCUT2D eigenvalue weighted by molar-refractivity contribution is 5.92. The number of benzene rings is 3. The van der Waals surface area contributed by atoms with Gasteiger partial charge in [0.1, 0.15) is 11.6 Å². The van der Waals surface area contributed by atoms with Crippen LogP contribution in [0.2, 0.25) is 0 Å². The van der Waals surface area contributed by atoms with Crippen LogP contribution >= 0.6 is 0 Å². The molecular formula is C27H30FN3O3. The second-order valence-corrected chi connectivity index (χ2v) is 8.93. The number of rotatable bonds is 9. The molecular weight excluding hydrogens is 433 g/mol. The maximum absolute atomic E-state index is 13.0. The van der Waals surface area contributed by atoms with Crippen LogP contribution in [0.25, 0.3) is 0 Å². The van der Waals surface area contributed by atoms with E-state index in [1.807, 2.05) is 42.5 Å². The molecule has 0 aliphatic carbocycles. The minimum Gasteiger partial charge on any atom is -0.483 e. The first kappa shape index (κ1) is 24.9. The van der Waals surface area contributed by atoms with Gasteiger partial charge in [0.05, 0.1) is 6.54 Å². The molecule has 0 fully saturated rings. The van der Waals surface area contributed by atoms with Gasteiger partial charge in [-0.2, -0.15) is 0 Å². The summed E-state index contributed by atoms with van der Waals surface area (Å²) in [6.45, 7) is 6.75. The minimum absolute atomic E-state index is 0.0567. The van der Waals surface area contributed by atoms with Crippen LogP contribution in [-0.2, 0) is 21.5 Å². The summed E-state index contributed by atoms with van der Waals surface area (Å²) in [6.07, 6.45) is 0. The van der Waals surface area contributed by atoms with Crippen molar-refractivity contribution >= 4 is 23.2 Å². The molecule has 3 N–H and O–H groups in total. The molecule has 0 heterocycles. The van der Waals surface area contributed by atoms with Gasteiger partial charge in [-0.1, -0.05) is 51.1 Å². The lowest BCUT2D eigenvalue weighted by Gasteiger charge is -2.19. The highest BCUT2D eigenvalue weighted by atomic mass is 19.1. The van der Waals surface area contributed by atoms with Crippen molar-refractivity contribution in [2.24, 2.45) is 0 Å². The second-order valence-electron chi connectivity index (χ2n) is 8.93. The lowest BCUT2D eigenvalue weighted by molar-refractivity contribution is -0.118. The Morgan fingerprint density at radius 3 is 2.06 bits per heavy atom. The van der Waals surface area contributed by atoms with Gasteiger partial charge in [0.2, 0.25) is 5.91 Å². The summed E-state index contributed by atoms with van der Waals surface area (Å²) in [5, 5.41) is 8.63. The average molecular weight is 464 g/mol. The SMILES string of the molecule is CC(C)(C)c1ccc(NC(=O)CNCc2ccccc2OCC(=O)Nc2ccc(F)cc2)cc1. The van der Waals surface area contributed by atoms with E-state index in [2.05, 4.69) is 36.7 Å². The van der Waals surface area contributed by atoms with E-state index in [4.69, 9.17) is 4.74 Å². The van der Waals surface area contributed by atoms with Crippen LogP contribution < -0.4 is 20.7 Å². The topological polar surface area (TPSA) is 79.5 Å². The van der Waals surface area contributed by atoms with Gasteiger partial charge in [0, 0.05) is 23.5 Å². The summed E-state index contributed by atoms with van der Waals surface area (Å²) < 4.78 is 18.6. The van der Waals surface area contributed by atoms with Crippen molar-refractivity contribution in [3.05, 3.63) is 89.7 Å². The first-order chi connectivity index (χ1) is 16.2. The third-order valence-corrected chi connectivity index (χ3v) is 5.10. The molecule has 0 saturated heterocycles. The van der Waals surface area contributed by atoms with E-state index in [1.165, 1.54) is 29.8 Å². The van der Waals surface area contributed by atoms with Gasteiger partial charge >= 0.3 is 0 Å². The Morgan fingerprint density at radius 2 is 1.41 bits per heavy atom. The number of nitrogens with one attached hydrogen (secondary N) is 3. The maximum Gasteiger partial charge on any atom is 0.262 e. The number of halogens is 1. The number of para-hydroxylation sites is 1. The molecule has 0 unspecified atom stereocenters. The van der Waals surface area contributed by atoms with Gasteiger partial charge in [-0.3, -0.25) is 9.59 Å². The zero-order valence-corrected chi connectivity index (χ0v) is 19.7. The van der Waals surface area contributed by atoms with E-state index in [0.29, 0.717) is 18.0 Å². The fraction of sp³-hybridized carbons (Fsp3) is 0.259. The molecule has 6 nitrogen and oxygen atoms in total. The average Bonchev–Trinajstić information content (AvgIpc) is 2.80. The number of hydrogen-bond acceptors (Lipinski definition) is 4. The van der Waals surface area contributed by atoms with E-state index in [1.54, 1.807) is 6.07 Å². The number of carbonyl (C=O) groups is 2. The molecule has 0 aromatic heterocycles. The number of ether oxygens (including phenoxy) is 1. The molecule has 3 aromatic carbocycles. The molecule has 0 bridgehead atoms. The molecule has 7 heteroatoms. The summed E-state index contributed by atoms with van der Waals surface area (Å²) in [7, 11) is 0. The first-order valence-corrected chi connectivity index (χ1v) is 11.1. The van der Waals surface area contributed by atoms with E-state index < -0.39 is 0 Å². The largest absolute Gasteiger partial charge is 0.483 e. The highest BCUT2D eigenvalue weighted by Crippen LogP contribution is 2.23. The summed E-state index contributed by atoms with van der Waals surface area (Å²) in [5.41, 5.74) is 3.31. The molecule has 3 rings (SSSR count). The molecule has 0 radical (unpaired) electrons. The first-order valence-electron chi connectivity index (χ1n) is 11.1. The zero-order valence-electron chi connectivity index (χ0n) is 19.7. The van der Waals surface area contributed by atoms with E-state index in [-0.39, 0.29) is 36.2 Å². The van der Waals surface area contributed by atoms with E-state index >= 15 is 0 Å². The van der Waals surface area contributed by atoms with E-state index in [9.17, 15) is 14.0 Å². The Labute approximate surface area is 199 Å². The lowest BCUT2D eigenvalue weighted by atomic mass is 9.87. The van der Waals surface area contributed by atoms with E-state index in [0.717, 1.165) is 11.3 Å². The highest BCUT2D eigenvalue weighted by Gasteiger charge is 2.13. The number of hydrogen-bond donors (Lipinski definition) is 3. The third-order valence-electron chi connectivity index (χ3n) is 5.10. The van der Waals surface area contributed by atoms with Crippen LogP contribution in [-0.4, -0.2) is 25.0 Å². The summed E-state index contributed by atoms with van der Waals surface area (Å²) in [5.74, 6) is -0.336. The van der Waals surface area contributed by atoms with Crippen LogP contribution in [0.4, 0.5) is 15.8 Å². The molecule has 0 atom stereocenters. The van der Waals surface area contributed by atoms with Crippen molar-refractivity contribution in [1.82, 2.24) is 5.32 Å². The van der Waals surface area contributed by atoms with Crippen LogP contribution in [0.1, 0.15) is 31.9 Å². The minimum atomic E-state index is -0.372. The standard InChI is InChI=1S/C27H30FN3O3/c1-27(2,3)20-8-12-22(13-9-20)30-25(32)17-29-16-19-6-4-5-7-24(19)34-18-26(33)31-23-14-10-21(28)11-15-23/h4-15,29H,16-18H2,1-3H3,(H,30,32)(H,31,33). The Balaban J connectivity index is 1.45. The number of amides is 2. The van der Waals surface area contributed by atoms with Gasteiger partial charge in [-0.25, -0.2) is 4.39 Å². The van der Waals surface area contributed by atoms with Crippen LogP contribution in [0.3, 0.4) is 0 Å². The summed E-state index contributed by atoms with van der Waals surface area (Å²) in [4.78, 5) is 24.4. The monoisotopic (exact) mass is 463 g/mol. The molecule has 0 aliphatic heterocycles. The summed E-state index contributed by atoms with van der Waals surface area (Å²) >= 11 is 0. The van der Waals surface area contributed by atoms with Crippen LogP contribution in [0, 0.1) is 5.82 Å². The van der Waals surface area contributed by atoms with Crippen molar-refractivity contribution in [2.75, 3.05) is 23.8 Å². The van der Waals surface area contributed by atoms with Crippen molar-refractivity contribution in [2.45, 2.75) is 32.7 Å². The van der Waals surface area contributed by atoms with Crippen molar-refractivity contribution < 1.29 is 18.7 Å². The Morgan fingerprint density at radius 1 is 0.824 bits per heavy atom. The van der Waals surface area contributed by atoms with Gasteiger partial charge in [0.15, 0.2) is 6.61 Å². The molecule has 34 heavy (non-hydrogen) atoms. The molecule has 0 spiro atoms. The predicted octanol–water partition coefficient (Wildman–Crippen LogP) is 4.87. The van der Waals surface area contributed by atoms with Gasteiger partial charge in [-0.15, -0.1) is 0 Å². The van der Waals surface area contributed by atoms with Gasteiger partial charge in [0.25, 0.3) is 5.91 Å². The fourth-order valence-electron chi connectivity index (χ4n) is 3.23. The van der Waals surface area contributed by atoms with Crippen molar-refractivity contribution in [3.63, 3.8) is 0 Å². The molecule has 3 aromatic rings. The zero-order chi connectivity index (χ0) is 24.6. The van der Waals surface area contributed by atoms with Crippen LogP contribution in [0.5, 0.6) is 5.75 Å². The van der Waals surface area contributed by atoms with Gasteiger partial charge in [-0.05, 0) is 53.4 Å². The van der Waals surface area contributed by atoms with Crippen molar-refractivity contribution in [1.29, 1.82) is 0 Å². The molecule has 0 aliphatic rings. The predicted molar refractivity (Wildman–Crippen MR) is 132 cm³/mol. The lowest BCUT2D eigenvalue weighted by Crippen LogP contribution is -2.28. The Bertz CT molecular complexity index is 1110. The van der Waals surface area contributed by atoms with Crippen molar-refractivity contribution in [3.8, 4) is 5.75 Å². The quantitative estimate of drug-likeness (QED) is 0.423. The fourth-order valence-corrected chi connectivity index (χ4v) is 3.23. The molecule has 0 saturated carbocycles. The number of anilines is 2. The van der Waals surface area contributed by atoms with Crippen LogP contribution in [0.15, 0.2) is 72.8 Å². The smallest absolute Gasteiger partial charge is 0.262 e. The molecule has 2 amide bonds. The second kappa shape index (κ2) is 11.4. The normalized spacial score (nSPS) is 11.1. The maximum atomic E-state index is 13.0. The van der Waals surface area contributed by atoms with Gasteiger partial charge < -0.3 is 20.7 Å².